The molecular formula is C14H19N3. The molecule has 1 unspecified atom stereocenters. The molecule has 1 N–H and O–H groups in total. The van der Waals surface area contributed by atoms with Crippen LogP contribution in [0.1, 0.15) is 29.8 Å². The zero-order chi connectivity index (χ0) is 12.4. The standard InChI is InChI=1S/C14H19N3/c1-10-6-5-7-13(8-10)15-11(2)14-9-17(4)16-12(14)3/h5-9,11,15H,1-4H3. The van der Waals surface area contributed by atoms with Gasteiger partial charge in [-0.2, -0.15) is 5.10 Å². The maximum Gasteiger partial charge on any atom is 0.0646 e. The Morgan fingerprint density at radius 2 is 2.06 bits per heavy atom. The highest BCUT2D eigenvalue weighted by Crippen LogP contribution is 2.21. The van der Waals surface area contributed by atoms with Crippen molar-refractivity contribution in [3.63, 3.8) is 0 Å². The van der Waals surface area contributed by atoms with Crippen LogP contribution in [0.3, 0.4) is 0 Å². The Labute approximate surface area is 102 Å². The Hall–Kier alpha value is -1.77. The van der Waals surface area contributed by atoms with Gasteiger partial charge in [0.1, 0.15) is 0 Å². The Kier molecular flexibility index (Phi) is 3.18. The monoisotopic (exact) mass is 229 g/mol. The largest absolute Gasteiger partial charge is 0.378 e. The van der Waals surface area contributed by atoms with Gasteiger partial charge in [-0.1, -0.05) is 12.1 Å². The molecule has 0 aliphatic carbocycles. The number of rotatable bonds is 3. The molecule has 0 saturated heterocycles. The molecule has 1 aromatic carbocycles. The summed E-state index contributed by atoms with van der Waals surface area (Å²) in [6.45, 7) is 6.31. The van der Waals surface area contributed by atoms with Crippen molar-refractivity contribution in [1.82, 2.24) is 9.78 Å². The van der Waals surface area contributed by atoms with Crippen molar-refractivity contribution in [1.29, 1.82) is 0 Å². The summed E-state index contributed by atoms with van der Waals surface area (Å²) in [5.41, 5.74) is 4.75. The normalized spacial score (nSPS) is 12.5. The van der Waals surface area contributed by atoms with Crippen LogP contribution in [0, 0.1) is 13.8 Å². The molecular weight excluding hydrogens is 210 g/mol. The van der Waals surface area contributed by atoms with Gasteiger partial charge in [-0.15, -0.1) is 0 Å². The molecule has 1 atom stereocenters. The molecule has 1 aromatic heterocycles. The molecule has 17 heavy (non-hydrogen) atoms. The molecule has 0 bridgehead atoms. The SMILES string of the molecule is Cc1cccc(NC(C)c2cn(C)nc2C)c1. The lowest BCUT2D eigenvalue weighted by Crippen LogP contribution is -2.07. The summed E-state index contributed by atoms with van der Waals surface area (Å²) >= 11 is 0. The summed E-state index contributed by atoms with van der Waals surface area (Å²) < 4.78 is 1.86. The third-order valence-corrected chi connectivity index (χ3v) is 2.92. The van der Waals surface area contributed by atoms with Crippen LogP contribution in [0.5, 0.6) is 0 Å². The molecule has 0 amide bonds. The molecule has 90 valence electrons. The first-order valence-corrected chi connectivity index (χ1v) is 5.89. The van der Waals surface area contributed by atoms with Gasteiger partial charge >= 0.3 is 0 Å². The van der Waals surface area contributed by atoms with E-state index < -0.39 is 0 Å². The quantitative estimate of drug-likeness (QED) is 0.875. The van der Waals surface area contributed by atoms with Crippen LogP contribution in [0.15, 0.2) is 30.5 Å². The predicted molar refractivity (Wildman–Crippen MR) is 71.2 cm³/mol. The van der Waals surface area contributed by atoms with E-state index in [4.69, 9.17) is 0 Å². The van der Waals surface area contributed by atoms with Gasteiger partial charge in [0.2, 0.25) is 0 Å². The highest BCUT2D eigenvalue weighted by Gasteiger charge is 2.11. The third kappa shape index (κ3) is 2.67. The number of nitrogens with zero attached hydrogens (tertiary/aromatic N) is 2. The summed E-state index contributed by atoms with van der Waals surface area (Å²) in [4.78, 5) is 0. The van der Waals surface area contributed by atoms with Crippen LogP contribution in [0.25, 0.3) is 0 Å². The van der Waals surface area contributed by atoms with Crippen molar-refractivity contribution < 1.29 is 0 Å². The lowest BCUT2D eigenvalue weighted by molar-refractivity contribution is 0.756. The molecule has 1 heterocycles. The number of nitrogens with one attached hydrogen (secondary N) is 1. The Bertz CT molecular complexity index is 514. The second-order valence-electron chi connectivity index (χ2n) is 4.58. The minimum Gasteiger partial charge on any atom is -0.378 e. The second kappa shape index (κ2) is 4.62. The molecule has 0 aliphatic heterocycles. The number of anilines is 1. The Balaban J connectivity index is 2.16. The fourth-order valence-corrected chi connectivity index (χ4v) is 2.11. The maximum absolute atomic E-state index is 4.37. The topological polar surface area (TPSA) is 29.9 Å². The van der Waals surface area contributed by atoms with E-state index in [0.29, 0.717) is 0 Å². The van der Waals surface area contributed by atoms with Crippen molar-refractivity contribution in [2.24, 2.45) is 7.05 Å². The number of benzene rings is 1. The molecule has 3 nitrogen and oxygen atoms in total. The van der Waals surface area contributed by atoms with Crippen LogP contribution in [-0.2, 0) is 7.05 Å². The molecule has 0 fully saturated rings. The molecule has 3 heteroatoms. The van der Waals surface area contributed by atoms with E-state index in [1.807, 2.05) is 18.7 Å². The first-order valence-electron chi connectivity index (χ1n) is 5.89. The number of hydrogen-bond donors (Lipinski definition) is 1. The van der Waals surface area contributed by atoms with Crippen molar-refractivity contribution in [2.45, 2.75) is 26.8 Å². The van der Waals surface area contributed by atoms with Gasteiger partial charge in [0.25, 0.3) is 0 Å². The fraction of sp³-hybridized carbons (Fsp3) is 0.357. The minimum atomic E-state index is 0.269. The highest BCUT2D eigenvalue weighted by atomic mass is 15.3. The number of aryl methyl sites for hydroxylation is 3. The van der Waals surface area contributed by atoms with Crippen molar-refractivity contribution in [3.05, 3.63) is 47.3 Å². The van der Waals surface area contributed by atoms with Crippen LogP contribution in [-0.4, -0.2) is 9.78 Å². The van der Waals surface area contributed by atoms with Crippen LogP contribution < -0.4 is 5.32 Å². The van der Waals surface area contributed by atoms with E-state index in [1.54, 1.807) is 0 Å². The summed E-state index contributed by atoms with van der Waals surface area (Å²) in [6, 6.07) is 8.69. The molecule has 0 radical (unpaired) electrons. The van der Waals surface area contributed by atoms with Gasteiger partial charge in [0.15, 0.2) is 0 Å². The summed E-state index contributed by atoms with van der Waals surface area (Å²) in [7, 11) is 1.95. The van der Waals surface area contributed by atoms with Gasteiger partial charge < -0.3 is 5.32 Å². The summed E-state index contributed by atoms with van der Waals surface area (Å²) in [5, 5.41) is 7.87. The summed E-state index contributed by atoms with van der Waals surface area (Å²) in [6.07, 6.45) is 2.07. The third-order valence-electron chi connectivity index (χ3n) is 2.92. The van der Waals surface area contributed by atoms with Crippen LogP contribution >= 0.6 is 0 Å². The lowest BCUT2D eigenvalue weighted by Gasteiger charge is -2.15. The molecule has 0 saturated carbocycles. The molecule has 2 aromatic rings. The molecule has 0 aliphatic rings. The van der Waals surface area contributed by atoms with E-state index in [-0.39, 0.29) is 6.04 Å². The fourth-order valence-electron chi connectivity index (χ4n) is 2.11. The average Bonchev–Trinajstić information content (AvgIpc) is 2.58. The first kappa shape index (κ1) is 11.7. The predicted octanol–water partition coefficient (Wildman–Crippen LogP) is 3.21. The first-order chi connectivity index (χ1) is 8.06. The van der Waals surface area contributed by atoms with Crippen molar-refractivity contribution >= 4 is 5.69 Å². The van der Waals surface area contributed by atoms with Gasteiger partial charge in [-0.05, 0) is 38.5 Å². The van der Waals surface area contributed by atoms with Gasteiger partial charge in [-0.25, -0.2) is 0 Å². The molecule has 0 spiro atoms. The van der Waals surface area contributed by atoms with Gasteiger partial charge in [-0.3, -0.25) is 4.68 Å². The van der Waals surface area contributed by atoms with Crippen LogP contribution in [0.2, 0.25) is 0 Å². The Morgan fingerprint density at radius 1 is 1.29 bits per heavy atom. The van der Waals surface area contributed by atoms with Crippen LogP contribution in [0.4, 0.5) is 5.69 Å². The molecule has 2 rings (SSSR count). The zero-order valence-electron chi connectivity index (χ0n) is 10.9. The van der Waals surface area contributed by atoms with E-state index in [2.05, 4.69) is 54.7 Å². The van der Waals surface area contributed by atoms with Crippen molar-refractivity contribution in [2.75, 3.05) is 5.32 Å². The van der Waals surface area contributed by atoms with Crippen molar-refractivity contribution in [3.8, 4) is 0 Å². The number of aromatic nitrogens is 2. The maximum atomic E-state index is 4.37. The van der Waals surface area contributed by atoms with E-state index in [9.17, 15) is 0 Å². The number of hydrogen-bond acceptors (Lipinski definition) is 2. The summed E-state index contributed by atoms with van der Waals surface area (Å²) in [5.74, 6) is 0. The van der Waals surface area contributed by atoms with Gasteiger partial charge in [0.05, 0.1) is 11.7 Å². The van der Waals surface area contributed by atoms with E-state index in [0.717, 1.165) is 11.4 Å². The smallest absolute Gasteiger partial charge is 0.0646 e. The second-order valence-corrected chi connectivity index (χ2v) is 4.58. The zero-order valence-corrected chi connectivity index (χ0v) is 10.9. The Morgan fingerprint density at radius 3 is 2.65 bits per heavy atom. The minimum absolute atomic E-state index is 0.269. The highest BCUT2D eigenvalue weighted by molar-refractivity contribution is 5.47. The van der Waals surface area contributed by atoms with E-state index in [1.165, 1.54) is 11.1 Å². The van der Waals surface area contributed by atoms with Gasteiger partial charge in [0, 0.05) is 24.5 Å². The van der Waals surface area contributed by atoms with E-state index >= 15 is 0 Å². The lowest BCUT2D eigenvalue weighted by atomic mass is 10.1. The average molecular weight is 229 g/mol.